The van der Waals surface area contributed by atoms with Gasteiger partial charge in [-0.05, 0) is 59.2 Å². The number of ether oxygens (including phenoxy) is 1. The molecule has 1 atom stereocenters. The van der Waals surface area contributed by atoms with E-state index in [4.69, 9.17) is 16.3 Å². The monoisotopic (exact) mass is 431 g/mol. The van der Waals surface area contributed by atoms with Crippen LogP contribution >= 0.6 is 43.5 Å². The summed E-state index contributed by atoms with van der Waals surface area (Å²) >= 11 is 13.1. The van der Waals surface area contributed by atoms with Gasteiger partial charge in [0.2, 0.25) is 0 Å². The number of hydrogen-bond acceptors (Lipinski definition) is 2. The highest BCUT2D eigenvalue weighted by Gasteiger charge is 2.18. The van der Waals surface area contributed by atoms with Crippen LogP contribution in [0.25, 0.3) is 0 Å². The van der Waals surface area contributed by atoms with Crippen molar-refractivity contribution in [2.45, 2.75) is 12.5 Å². The number of hydrogen-bond donors (Lipinski definition) is 1. The summed E-state index contributed by atoms with van der Waals surface area (Å²) in [6.45, 7) is 0. The van der Waals surface area contributed by atoms with Gasteiger partial charge in [0.05, 0.1) is 11.6 Å². The van der Waals surface area contributed by atoms with Gasteiger partial charge in [0.15, 0.2) is 0 Å². The van der Waals surface area contributed by atoms with Gasteiger partial charge in [-0.3, -0.25) is 0 Å². The fourth-order valence-corrected chi connectivity index (χ4v) is 3.54. The average molecular weight is 434 g/mol. The Morgan fingerprint density at radius 1 is 1.19 bits per heavy atom. The number of nitrogens with one attached hydrogen (secondary N) is 1. The Bertz CT molecular complexity index is 616. The van der Waals surface area contributed by atoms with E-state index in [9.17, 15) is 0 Å². The third-order valence-corrected chi connectivity index (χ3v) is 4.65. The summed E-state index contributed by atoms with van der Waals surface area (Å²) in [5.74, 6) is 0.816. The zero-order valence-corrected chi connectivity index (χ0v) is 15.7. The molecule has 2 nitrogen and oxygen atoms in total. The van der Waals surface area contributed by atoms with Crippen LogP contribution in [0, 0.1) is 0 Å². The summed E-state index contributed by atoms with van der Waals surface area (Å²) < 4.78 is 7.46. The summed E-state index contributed by atoms with van der Waals surface area (Å²) in [6, 6.07) is 12.2. The molecule has 0 aliphatic heterocycles. The molecule has 2 aromatic carbocycles. The highest BCUT2D eigenvalue weighted by molar-refractivity contribution is 9.10. The van der Waals surface area contributed by atoms with Gasteiger partial charge < -0.3 is 10.1 Å². The first-order chi connectivity index (χ1) is 10.0. The third kappa shape index (κ3) is 4.22. The van der Waals surface area contributed by atoms with Crippen LogP contribution in [0.15, 0.2) is 45.3 Å². The van der Waals surface area contributed by atoms with Crippen molar-refractivity contribution < 1.29 is 4.74 Å². The lowest BCUT2D eigenvalue weighted by Gasteiger charge is -2.21. The number of rotatable bonds is 5. The van der Waals surface area contributed by atoms with E-state index in [-0.39, 0.29) is 6.04 Å². The lowest BCUT2D eigenvalue weighted by molar-refractivity contribution is 0.398. The fraction of sp³-hybridized carbons (Fsp3) is 0.250. The lowest BCUT2D eigenvalue weighted by Crippen LogP contribution is -2.19. The topological polar surface area (TPSA) is 21.3 Å². The summed E-state index contributed by atoms with van der Waals surface area (Å²) in [4.78, 5) is 0. The molecule has 2 aromatic rings. The summed E-state index contributed by atoms with van der Waals surface area (Å²) in [6.07, 6.45) is 0.854. The normalized spacial score (nSPS) is 12.2. The summed E-state index contributed by atoms with van der Waals surface area (Å²) in [5.41, 5.74) is 2.29. The largest absolute Gasteiger partial charge is 0.495 e. The SMILES string of the molecule is CNC(Cc1ccc(Br)cc1)c1cc(Cl)cc(Br)c1OC. The molecule has 0 spiro atoms. The number of likely N-dealkylation sites (N-methyl/N-ethyl adjacent to an activating group) is 1. The molecule has 0 heterocycles. The fourth-order valence-electron chi connectivity index (χ4n) is 2.28. The molecule has 0 radical (unpaired) electrons. The Kier molecular flexibility index (Phi) is 6.11. The van der Waals surface area contributed by atoms with Crippen LogP contribution in [0.2, 0.25) is 5.02 Å². The molecule has 0 aliphatic rings. The number of benzene rings is 2. The van der Waals surface area contributed by atoms with Crippen LogP contribution in [-0.2, 0) is 6.42 Å². The van der Waals surface area contributed by atoms with E-state index in [1.807, 2.05) is 31.3 Å². The van der Waals surface area contributed by atoms with E-state index < -0.39 is 0 Å². The van der Waals surface area contributed by atoms with Crippen LogP contribution in [-0.4, -0.2) is 14.2 Å². The van der Waals surface area contributed by atoms with Gasteiger partial charge in [0.25, 0.3) is 0 Å². The van der Waals surface area contributed by atoms with Crippen molar-refractivity contribution in [3.63, 3.8) is 0 Å². The molecule has 1 N–H and O–H groups in total. The predicted molar refractivity (Wildman–Crippen MR) is 95.4 cm³/mol. The van der Waals surface area contributed by atoms with Crippen molar-refractivity contribution in [2.75, 3.05) is 14.2 Å². The van der Waals surface area contributed by atoms with Gasteiger partial charge in [-0.25, -0.2) is 0 Å². The molecule has 0 fully saturated rings. The van der Waals surface area contributed by atoms with Gasteiger partial charge in [-0.2, -0.15) is 0 Å². The average Bonchev–Trinajstić information content (AvgIpc) is 2.46. The van der Waals surface area contributed by atoms with E-state index in [1.54, 1.807) is 7.11 Å². The molecule has 0 saturated carbocycles. The Morgan fingerprint density at radius 2 is 1.86 bits per heavy atom. The Balaban J connectivity index is 2.35. The van der Waals surface area contributed by atoms with Gasteiger partial charge in [-0.1, -0.05) is 39.7 Å². The van der Waals surface area contributed by atoms with Gasteiger partial charge in [0.1, 0.15) is 5.75 Å². The minimum absolute atomic E-state index is 0.121. The maximum Gasteiger partial charge on any atom is 0.137 e. The van der Waals surface area contributed by atoms with Gasteiger partial charge in [-0.15, -0.1) is 0 Å². The highest BCUT2D eigenvalue weighted by atomic mass is 79.9. The third-order valence-electron chi connectivity index (χ3n) is 3.32. The lowest BCUT2D eigenvalue weighted by atomic mass is 9.98. The quantitative estimate of drug-likeness (QED) is 0.684. The Hall–Kier alpha value is -0.550. The summed E-state index contributed by atoms with van der Waals surface area (Å²) in [5, 5.41) is 4.03. The van der Waals surface area contributed by atoms with Crippen molar-refractivity contribution in [3.8, 4) is 5.75 Å². The second-order valence-corrected chi connectivity index (χ2v) is 6.89. The molecule has 0 bridgehead atoms. The minimum atomic E-state index is 0.121. The maximum atomic E-state index is 6.18. The molecule has 5 heteroatoms. The Morgan fingerprint density at radius 3 is 2.43 bits per heavy atom. The van der Waals surface area contributed by atoms with Crippen molar-refractivity contribution >= 4 is 43.5 Å². The molecular weight excluding hydrogens is 417 g/mol. The van der Waals surface area contributed by atoms with Crippen LogP contribution < -0.4 is 10.1 Å². The molecule has 21 heavy (non-hydrogen) atoms. The maximum absolute atomic E-state index is 6.18. The van der Waals surface area contributed by atoms with Gasteiger partial charge >= 0.3 is 0 Å². The van der Waals surface area contributed by atoms with Crippen LogP contribution in [0.3, 0.4) is 0 Å². The zero-order valence-electron chi connectivity index (χ0n) is 11.8. The van der Waals surface area contributed by atoms with Gasteiger partial charge in [0, 0.05) is 21.1 Å². The molecule has 0 amide bonds. The van der Waals surface area contributed by atoms with E-state index in [0.717, 1.165) is 26.7 Å². The molecule has 0 saturated heterocycles. The predicted octanol–water partition coefficient (Wildman–Crippen LogP) is 5.38. The van der Waals surface area contributed by atoms with Crippen LogP contribution in [0.5, 0.6) is 5.75 Å². The van der Waals surface area contributed by atoms with E-state index >= 15 is 0 Å². The van der Waals surface area contributed by atoms with Crippen molar-refractivity contribution in [1.29, 1.82) is 0 Å². The molecular formula is C16H16Br2ClNO. The first-order valence-electron chi connectivity index (χ1n) is 6.49. The van der Waals surface area contributed by atoms with E-state index in [0.29, 0.717) is 5.02 Å². The first-order valence-corrected chi connectivity index (χ1v) is 8.46. The zero-order chi connectivity index (χ0) is 15.4. The van der Waals surface area contributed by atoms with Crippen molar-refractivity contribution in [2.24, 2.45) is 0 Å². The van der Waals surface area contributed by atoms with Crippen LogP contribution in [0.4, 0.5) is 0 Å². The molecule has 1 unspecified atom stereocenters. The second-order valence-electron chi connectivity index (χ2n) is 4.68. The molecule has 112 valence electrons. The standard InChI is InChI=1S/C16H16Br2ClNO/c1-20-15(7-10-3-5-11(17)6-4-10)13-8-12(19)9-14(18)16(13)21-2/h3-6,8-9,15,20H,7H2,1-2H3. The number of halogens is 3. The van der Waals surface area contributed by atoms with Crippen molar-refractivity contribution in [1.82, 2.24) is 5.32 Å². The second kappa shape index (κ2) is 7.63. The smallest absolute Gasteiger partial charge is 0.137 e. The van der Waals surface area contributed by atoms with E-state index in [1.165, 1.54) is 5.56 Å². The van der Waals surface area contributed by atoms with Crippen LogP contribution in [0.1, 0.15) is 17.2 Å². The first kappa shape index (κ1) is 16.8. The highest BCUT2D eigenvalue weighted by Crippen LogP contribution is 2.37. The Labute approximate surface area is 147 Å². The molecule has 0 aliphatic carbocycles. The minimum Gasteiger partial charge on any atom is -0.495 e. The molecule has 2 rings (SSSR count). The number of methoxy groups -OCH3 is 1. The van der Waals surface area contributed by atoms with Crippen molar-refractivity contribution in [3.05, 3.63) is 61.5 Å². The summed E-state index contributed by atoms with van der Waals surface area (Å²) in [7, 11) is 3.61. The molecule has 0 aromatic heterocycles. The van der Waals surface area contributed by atoms with E-state index in [2.05, 4.69) is 49.3 Å².